The Hall–Kier alpha value is -3.50. The Morgan fingerprint density at radius 2 is 1.69 bits per heavy atom. The van der Waals surface area contributed by atoms with Crippen LogP contribution in [0.1, 0.15) is 18.1 Å². The van der Waals surface area contributed by atoms with Crippen LogP contribution >= 0.6 is 31.9 Å². The molecule has 0 bridgehead atoms. The van der Waals surface area contributed by atoms with Crippen molar-refractivity contribution in [3.63, 3.8) is 0 Å². The third-order valence-electron chi connectivity index (χ3n) is 5.17. The van der Waals surface area contributed by atoms with Crippen molar-refractivity contribution < 1.29 is 28.2 Å². The van der Waals surface area contributed by atoms with E-state index < -0.39 is 23.7 Å². The number of hydrogen-bond acceptors (Lipinski definition) is 5. The number of nitrogens with zero attached hydrogens (tertiary/aromatic N) is 1. The van der Waals surface area contributed by atoms with Crippen LogP contribution in [-0.4, -0.2) is 24.5 Å². The molecule has 0 aliphatic carbocycles. The van der Waals surface area contributed by atoms with Crippen molar-refractivity contribution in [1.82, 2.24) is 5.32 Å². The zero-order chi connectivity index (χ0) is 25.8. The first-order valence-corrected chi connectivity index (χ1v) is 12.4. The Bertz CT molecular complexity index is 1390. The lowest BCUT2D eigenvalue weighted by Gasteiger charge is -2.26. The van der Waals surface area contributed by atoms with Crippen molar-refractivity contribution in [3.8, 4) is 11.5 Å². The molecule has 0 saturated carbocycles. The van der Waals surface area contributed by atoms with Gasteiger partial charge in [-0.05, 0) is 64.8 Å². The summed E-state index contributed by atoms with van der Waals surface area (Å²) in [5.74, 6) is -1.78. The summed E-state index contributed by atoms with van der Waals surface area (Å²) in [5, 5.41) is 2.09. The number of hydrogen-bond donors (Lipinski definition) is 1. The Morgan fingerprint density at radius 3 is 2.42 bits per heavy atom. The maximum Gasteiger partial charge on any atom is 0.336 e. The van der Waals surface area contributed by atoms with Gasteiger partial charge in [0.25, 0.3) is 11.8 Å². The van der Waals surface area contributed by atoms with Gasteiger partial charge in [0.15, 0.2) is 11.5 Å². The Kier molecular flexibility index (Phi) is 7.85. The van der Waals surface area contributed by atoms with Gasteiger partial charge in [0.2, 0.25) is 0 Å². The van der Waals surface area contributed by atoms with Gasteiger partial charge in [0.05, 0.1) is 16.8 Å². The molecule has 3 aromatic carbocycles. The second-order valence-electron chi connectivity index (χ2n) is 7.55. The highest BCUT2D eigenvalue weighted by Crippen LogP contribution is 2.38. The first kappa shape index (κ1) is 25.6. The lowest BCUT2D eigenvalue weighted by atomic mass is 10.1. The molecule has 4 amide bonds. The van der Waals surface area contributed by atoms with Gasteiger partial charge in [-0.1, -0.05) is 46.3 Å². The summed E-state index contributed by atoms with van der Waals surface area (Å²) in [6, 6.07) is 15.2. The van der Waals surface area contributed by atoms with Crippen LogP contribution in [-0.2, 0) is 16.2 Å². The molecule has 10 heteroatoms. The van der Waals surface area contributed by atoms with Crippen molar-refractivity contribution >= 4 is 61.5 Å². The van der Waals surface area contributed by atoms with Crippen LogP contribution in [0.3, 0.4) is 0 Å². The van der Waals surface area contributed by atoms with Crippen LogP contribution in [0.4, 0.5) is 14.9 Å². The smallest absolute Gasteiger partial charge is 0.336 e. The number of anilines is 1. The van der Waals surface area contributed by atoms with Crippen molar-refractivity contribution in [2.24, 2.45) is 0 Å². The van der Waals surface area contributed by atoms with Crippen LogP contribution in [0.15, 0.2) is 75.2 Å². The van der Waals surface area contributed by atoms with Crippen LogP contribution in [0.5, 0.6) is 11.5 Å². The highest BCUT2D eigenvalue weighted by Gasteiger charge is 2.38. The molecule has 1 aliphatic heterocycles. The Labute approximate surface area is 223 Å². The second-order valence-corrected chi connectivity index (χ2v) is 9.26. The van der Waals surface area contributed by atoms with Gasteiger partial charge in [-0.3, -0.25) is 14.9 Å². The minimum absolute atomic E-state index is 0.259. The van der Waals surface area contributed by atoms with Gasteiger partial charge in [-0.2, -0.15) is 0 Å². The fourth-order valence-electron chi connectivity index (χ4n) is 3.52. The monoisotopic (exact) mass is 616 g/mol. The van der Waals surface area contributed by atoms with E-state index in [1.807, 2.05) is 31.2 Å². The van der Waals surface area contributed by atoms with Crippen molar-refractivity contribution in [2.45, 2.75) is 13.5 Å². The summed E-state index contributed by atoms with van der Waals surface area (Å²) in [5.41, 5.74) is 0.764. The van der Waals surface area contributed by atoms with Gasteiger partial charge in [-0.15, -0.1) is 0 Å². The first-order chi connectivity index (χ1) is 17.3. The molecule has 1 N–H and O–H groups in total. The Morgan fingerprint density at radius 1 is 0.972 bits per heavy atom. The number of barbiturate groups is 1. The van der Waals surface area contributed by atoms with Crippen LogP contribution in [0.25, 0.3) is 6.08 Å². The highest BCUT2D eigenvalue weighted by molar-refractivity contribution is 9.10. The largest absolute Gasteiger partial charge is 0.490 e. The van der Waals surface area contributed by atoms with E-state index in [-0.39, 0.29) is 17.9 Å². The van der Waals surface area contributed by atoms with Gasteiger partial charge in [0, 0.05) is 10.0 Å². The molecule has 0 atom stereocenters. The van der Waals surface area contributed by atoms with Crippen LogP contribution < -0.4 is 19.7 Å². The van der Waals surface area contributed by atoms with Crippen molar-refractivity contribution in [2.75, 3.05) is 11.5 Å². The molecule has 3 aromatic rings. The number of benzene rings is 3. The average molecular weight is 618 g/mol. The third-order valence-corrected chi connectivity index (χ3v) is 6.53. The number of nitrogens with one attached hydrogen (secondary N) is 1. The summed E-state index contributed by atoms with van der Waals surface area (Å²) in [7, 11) is 0. The molecular weight excluding hydrogens is 599 g/mol. The molecular formula is C26H19Br2FN2O5. The first-order valence-electron chi connectivity index (χ1n) is 10.8. The number of rotatable bonds is 7. The van der Waals surface area contributed by atoms with E-state index in [9.17, 15) is 18.8 Å². The molecule has 1 aliphatic rings. The summed E-state index contributed by atoms with van der Waals surface area (Å²) in [4.78, 5) is 38.6. The van der Waals surface area contributed by atoms with E-state index >= 15 is 0 Å². The van der Waals surface area contributed by atoms with E-state index in [0.717, 1.165) is 16.1 Å². The van der Waals surface area contributed by atoms with Gasteiger partial charge < -0.3 is 9.47 Å². The molecule has 0 aromatic heterocycles. The molecule has 0 spiro atoms. The molecule has 184 valence electrons. The van der Waals surface area contributed by atoms with E-state index in [2.05, 4.69) is 37.2 Å². The van der Waals surface area contributed by atoms with Gasteiger partial charge >= 0.3 is 6.03 Å². The Balaban J connectivity index is 1.68. The quantitative estimate of drug-likeness (QED) is 0.260. The number of para-hydroxylation sites is 1. The summed E-state index contributed by atoms with van der Waals surface area (Å²) >= 11 is 6.97. The maximum atomic E-state index is 14.3. The predicted molar refractivity (Wildman–Crippen MR) is 139 cm³/mol. The number of halogens is 3. The summed E-state index contributed by atoms with van der Waals surface area (Å²) in [6.45, 7) is 2.42. The maximum absolute atomic E-state index is 14.3. The highest BCUT2D eigenvalue weighted by atomic mass is 79.9. The van der Waals surface area contributed by atoms with Crippen molar-refractivity contribution in [1.29, 1.82) is 0 Å². The standard InChI is InChI=1S/C26H19Br2FN2O5/c1-2-35-22-13-15(12-19(28)23(22)36-14-16-7-3-4-8-18(16)27)11-17-24(32)30-26(34)31(25(17)33)21-10-6-5-9-20(21)29/h3-13H,2,14H2,1H3,(H,30,32,34)/b17-11-. The predicted octanol–water partition coefficient (Wildman–Crippen LogP) is 5.99. The molecule has 0 unspecified atom stereocenters. The number of urea groups is 1. The molecule has 0 radical (unpaired) electrons. The summed E-state index contributed by atoms with van der Waals surface area (Å²) < 4.78 is 27.5. The van der Waals surface area contributed by atoms with Gasteiger partial charge in [-0.25, -0.2) is 14.1 Å². The number of imide groups is 2. The topological polar surface area (TPSA) is 84.9 Å². The minimum Gasteiger partial charge on any atom is -0.490 e. The average Bonchev–Trinajstić information content (AvgIpc) is 2.83. The SMILES string of the molecule is CCOc1cc(/C=C2/C(=O)NC(=O)N(c3ccccc3F)C2=O)cc(Br)c1OCc1ccccc1Br. The van der Waals surface area contributed by atoms with E-state index in [4.69, 9.17) is 9.47 Å². The second kappa shape index (κ2) is 11.0. The number of amides is 4. The normalized spacial score (nSPS) is 14.7. The lowest BCUT2D eigenvalue weighted by Crippen LogP contribution is -2.54. The number of ether oxygens (including phenoxy) is 2. The summed E-state index contributed by atoms with van der Waals surface area (Å²) in [6.07, 6.45) is 1.31. The molecule has 1 saturated heterocycles. The lowest BCUT2D eigenvalue weighted by molar-refractivity contribution is -0.122. The van der Waals surface area contributed by atoms with E-state index in [0.29, 0.717) is 33.0 Å². The fourth-order valence-corrected chi connectivity index (χ4v) is 4.49. The fraction of sp³-hybridized carbons (Fsp3) is 0.115. The molecule has 7 nitrogen and oxygen atoms in total. The van der Waals surface area contributed by atoms with E-state index in [1.165, 1.54) is 24.3 Å². The molecule has 4 rings (SSSR count). The van der Waals surface area contributed by atoms with Crippen LogP contribution in [0.2, 0.25) is 0 Å². The zero-order valence-corrected chi connectivity index (χ0v) is 22.1. The number of carbonyl (C=O) groups is 3. The molecule has 1 heterocycles. The third kappa shape index (κ3) is 5.34. The molecule has 1 fully saturated rings. The number of carbonyl (C=O) groups excluding carboxylic acids is 3. The van der Waals surface area contributed by atoms with E-state index in [1.54, 1.807) is 12.1 Å². The van der Waals surface area contributed by atoms with Crippen molar-refractivity contribution in [3.05, 3.63) is 92.1 Å². The molecule has 36 heavy (non-hydrogen) atoms. The van der Waals surface area contributed by atoms with Gasteiger partial charge in [0.1, 0.15) is 18.0 Å². The zero-order valence-electron chi connectivity index (χ0n) is 18.9. The van der Waals surface area contributed by atoms with Crippen LogP contribution in [0, 0.1) is 5.82 Å². The minimum atomic E-state index is -1.03.